The molecule has 3 rings (SSSR count). The maximum atomic E-state index is 13.1. The van der Waals surface area contributed by atoms with Crippen LogP contribution in [0, 0.1) is 19.7 Å². The van der Waals surface area contributed by atoms with Crippen molar-refractivity contribution in [2.24, 2.45) is 0 Å². The average molecular weight is 441 g/mol. The quantitative estimate of drug-likeness (QED) is 0.601. The van der Waals surface area contributed by atoms with E-state index in [0.717, 1.165) is 11.1 Å². The summed E-state index contributed by atoms with van der Waals surface area (Å²) in [5.74, 6) is -0.631. The fourth-order valence-corrected chi connectivity index (χ4v) is 4.52. The number of anilines is 1. The van der Waals surface area contributed by atoms with Crippen LogP contribution in [0.25, 0.3) is 0 Å². The number of hydrogen-bond acceptors (Lipinski definition) is 3. The molecule has 0 saturated heterocycles. The summed E-state index contributed by atoms with van der Waals surface area (Å²) in [4.78, 5) is 12.9. The van der Waals surface area contributed by atoms with E-state index in [9.17, 15) is 17.6 Å². The molecular formula is C24H25FN2O3S. The summed E-state index contributed by atoms with van der Waals surface area (Å²) in [5.41, 5.74) is 3.32. The summed E-state index contributed by atoms with van der Waals surface area (Å²) in [6.07, 6.45) is 0. The molecule has 3 aromatic rings. The van der Waals surface area contributed by atoms with Gasteiger partial charge in [-0.1, -0.05) is 29.8 Å². The maximum absolute atomic E-state index is 13.1. The molecule has 0 radical (unpaired) electrons. The zero-order valence-electron chi connectivity index (χ0n) is 17.9. The van der Waals surface area contributed by atoms with Crippen molar-refractivity contribution in [2.45, 2.75) is 31.7 Å². The van der Waals surface area contributed by atoms with Gasteiger partial charge >= 0.3 is 0 Å². The molecule has 1 atom stereocenters. The van der Waals surface area contributed by atoms with Crippen LogP contribution in [0.1, 0.15) is 40.0 Å². The number of aryl methyl sites for hydroxylation is 2. The molecule has 0 aliphatic carbocycles. The molecular weight excluding hydrogens is 415 g/mol. The van der Waals surface area contributed by atoms with Crippen molar-refractivity contribution in [1.29, 1.82) is 0 Å². The molecule has 0 unspecified atom stereocenters. The Bertz CT molecular complexity index is 1190. The van der Waals surface area contributed by atoms with Gasteiger partial charge in [0, 0.05) is 12.6 Å². The molecule has 31 heavy (non-hydrogen) atoms. The predicted molar refractivity (Wildman–Crippen MR) is 120 cm³/mol. The SMILES string of the molecule is Cc1ccc(S(=O)(=O)N(C)c2ccc(C(=O)N[C@H](C)c3ccc(F)cc3)cc2C)cc1. The largest absolute Gasteiger partial charge is 0.346 e. The van der Waals surface area contributed by atoms with Crippen molar-refractivity contribution in [2.75, 3.05) is 11.4 Å². The standard InChI is InChI=1S/C24H25FN2O3S/c1-16-5-12-22(13-6-16)31(29,30)27(4)23-14-9-20(15-17(23)2)24(28)26-18(3)19-7-10-21(25)11-8-19/h5-15,18H,1-4H3,(H,26,28)/t18-/m1/s1. The van der Waals surface area contributed by atoms with E-state index in [1.165, 1.54) is 23.5 Å². The van der Waals surface area contributed by atoms with Crippen LogP contribution >= 0.6 is 0 Å². The highest BCUT2D eigenvalue weighted by atomic mass is 32.2. The lowest BCUT2D eigenvalue weighted by atomic mass is 10.1. The highest BCUT2D eigenvalue weighted by Crippen LogP contribution is 2.26. The van der Waals surface area contributed by atoms with Crippen LogP contribution in [0.3, 0.4) is 0 Å². The number of sulfonamides is 1. The van der Waals surface area contributed by atoms with Crippen LogP contribution in [0.15, 0.2) is 71.6 Å². The van der Waals surface area contributed by atoms with Crippen molar-refractivity contribution in [3.8, 4) is 0 Å². The van der Waals surface area contributed by atoms with E-state index in [-0.39, 0.29) is 22.7 Å². The Balaban J connectivity index is 1.79. The molecule has 1 N–H and O–H groups in total. The van der Waals surface area contributed by atoms with Crippen LogP contribution in [0.2, 0.25) is 0 Å². The molecule has 0 fully saturated rings. The summed E-state index contributed by atoms with van der Waals surface area (Å²) < 4.78 is 40.2. The van der Waals surface area contributed by atoms with E-state index in [1.54, 1.807) is 61.5 Å². The lowest BCUT2D eigenvalue weighted by Crippen LogP contribution is -2.28. The van der Waals surface area contributed by atoms with E-state index in [4.69, 9.17) is 0 Å². The molecule has 162 valence electrons. The average Bonchev–Trinajstić information content (AvgIpc) is 2.73. The zero-order chi connectivity index (χ0) is 22.8. The third kappa shape index (κ3) is 4.94. The van der Waals surface area contributed by atoms with Gasteiger partial charge < -0.3 is 5.32 Å². The van der Waals surface area contributed by atoms with Crippen LogP contribution in [-0.2, 0) is 10.0 Å². The number of carbonyl (C=O) groups excluding carboxylic acids is 1. The molecule has 0 saturated carbocycles. The topological polar surface area (TPSA) is 66.5 Å². The second-order valence-corrected chi connectivity index (χ2v) is 9.50. The number of nitrogens with zero attached hydrogens (tertiary/aromatic N) is 1. The summed E-state index contributed by atoms with van der Waals surface area (Å²) in [7, 11) is -2.23. The second kappa shape index (κ2) is 8.89. The van der Waals surface area contributed by atoms with Crippen LogP contribution < -0.4 is 9.62 Å². The molecule has 7 heteroatoms. The molecule has 5 nitrogen and oxygen atoms in total. The van der Waals surface area contributed by atoms with Crippen molar-refractivity contribution < 1.29 is 17.6 Å². The number of amides is 1. The summed E-state index contributed by atoms with van der Waals surface area (Å²) in [6.45, 7) is 5.47. The van der Waals surface area contributed by atoms with Gasteiger partial charge in [-0.3, -0.25) is 9.10 Å². The predicted octanol–water partition coefficient (Wildman–Crippen LogP) is 4.76. The second-order valence-electron chi connectivity index (χ2n) is 7.53. The smallest absolute Gasteiger partial charge is 0.264 e. The molecule has 3 aromatic carbocycles. The number of benzene rings is 3. The Morgan fingerprint density at radius 3 is 2.16 bits per heavy atom. The molecule has 0 aromatic heterocycles. The van der Waals surface area contributed by atoms with E-state index in [0.29, 0.717) is 16.8 Å². The lowest BCUT2D eigenvalue weighted by Gasteiger charge is -2.22. The molecule has 0 aliphatic rings. The third-order valence-electron chi connectivity index (χ3n) is 5.20. The van der Waals surface area contributed by atoms with Gasteiger partial charge in [-0.2, -0.15) is 0 Å². The Kier molecular flexibility index (Phi) is 6.45. The van der Waals surface area contributed by atoms with Crippen molar-refractivity contribution in [3.63, 3.8) is 0 Å². The molecule has 0 heterocycles. The van der Waals surface area contributed by atoms with Crippen LogP contribution in [0.5, 0.6) is 0 Å². The first kappa shape index (κ1) is 22.5. The van der Waals surface area contributed by atoms with Gasteiger partial charge in [0.2, 0.25) is 0 Å². The minimum atomic E-state index is -3.72. The van der Waals surface area contributed by atoms with E-state index in [1.807, 2.05) is 13.8 Å². The van der Waals surface area contributed by atoms with Crippen molar-refractivity contribution in [1.82, 2.24) is 5.32 Å². The summed E-state index contributed by atoms with van der Waals surface area (Å²) in [6, 6.07) is 17.2. The van der Waals surface area contributed by atoms with Crippen LogP contribution in [-0.4, -0.2) is 21.4 Å². The molecule has 0 spiro atoms. The summed E-state index contributed by atoms with van der Waals surface area (Å²) in [5, 5.41) is 2.88. The Morgan fingerprint density at radius 2 is 1.58 bits per heavy atom. The third-order valence-corrected chi connectivity index (χ3v) is 6.98. The van der Waals surface area contributed by atoms with Gasteiger partial charge in [0.1, 0.15) is 5.82 Å². The van der Waals surface area contributed by atoms with Gasteiger partial charge in [-0.25, -0.2) is 12.8 Å². The van der Waals surface area contributed by atoms with Crippen molar-refractivity contribution >= 4 is 21.6 Å². The van der Waals surface area contributed by atoms with Gasteiger partial charge in [0.15, 0.2) is 0 Å². The van der Waals surface area contributed by atoms with Gasteiger partial charge in [-0.15, -0.1) is 0 Å². The van der Waals surface area contributed by atoms with E-state index in [2.05, 4.69) is 5.32 Å². The highest BCUT2D eigenvalue weighted by Gasteiger charge is 2.23. The van der Waals surface area contributed by atoms with Crippen molar-refractivity contribution in [3.05, 3.63) is 94.8 Å². The fraction of sp³-hybridized carbons (Fsp3) is 0.208. The summed E-state index contributed by atoms with van der Waals surface area (Å²) >= 11 is 0. The maximum Gasteiger partial charge on any atom is 0.264 e. The molecule has 0 aliphatic heterocycles. The first-order valence-corrected chi connectivity index (χ1v) is 11.3. The Morgan fingerprint density at radius 1 is 0.968 bits per heavy atom. The minimum absolute atomic E-state index is 0.204. The normalized spacial score (nSPS) is 12.3. The lowest BCUT2D eigenvalue weighted by molar-refractivity contribution is 0.0940. The zero-order valence-corrected chi connectivity index (χ0v) is 18.7. The minimum Gasteiger partial charge on any atom is -0.346 e. The highest BCUT2D eigenvalue weighted by molar-refractivity contribution is 7.92. The Labute approximate surface area is 182 Å². The number of halogens is 1. The Hall–Kier alpha value is -3.19. The monoisotopic (exact) mass is 440 g/mol. The van der Waals surface area contributed by atoms with E-state index < -0.39 is 10.0 Å². The molecule has 1 amide bonds. The number of carbonyl (C=O) groups is 1. The number of rotatable bonds is 6. The first-order chi connectivity index (χ1) is 14.6. The van der Waals surface area contributed by atoms with Gasteiger partial charge in [-0.05, 0) is 74.4 Å². The van der Waals surface area contributed by atoms with Gasteiger partial charge in [0.05, 0.1) is 16.6 Å². The van der Waals surface area contributed by atoms with Crippen LogP contribution in [0.4, 0.5) is 10.1 Å². The van der Waals surface area contributed by atoms with Gasteiger partial charge in [0.25, 0.3) is 15.9 Å². The fourth-order valence-electron chi connectivity index (χ4n) is 3.26. The number of nitrogens with one attached hydrogen (secondary N) is 1. The first-order valence-electron chi connectivity index (χ1n) is 9.82. The number of hydrogen-bond donors (Lipinski definition) is 1. The van der Waals surface area contributed by atoms with E-state index >= 15 is 0 Å². The molecule has 0 bridgehead atoms.